The SMILES string of the molecule is O=C(C1CCN(c2cc(C(F)(F)F)ccn2)CC1)N(CC1CC1)c1ccc(Cl)cc1. The number of rotatable bonds is 5. The molecule has 1 aromatic carbocycles. The maximum atomic E-state index is 13.3. The number of benzene rings is 1. The second-order valence-corrected chi connectivity index (χ2v) is 8.47. The second kappa shape index (κ2) is 8.46. The van der Waals surface area contributed by atoms with E-state index in [1.165, 1.54) is 6.20 Å². The number of hydrogen-bond donors (Lipinski definition) is 0. The summed E-state index contributed by atoms with van der Waals surface area (Å²) in [5, 5.41) is 0.625. The molecule has 2 fully saturated rings. The lowest BCUT2D eigenvalue weighted by atomic mass is 9.94. The van der Waals surface area contributed by atoms with Crippen LogP contribution in [0.3, 0.4) is 0 Å². The number of piperidine rings is 1. The smallest absolute Gasteiger partial charge is 0.357 e. The van der Waals surface area contributed by atoms with E-state index in [-0.39, 0.29) is 11.8 Å². The van der Waals surface area contributed by atoms with Crippen molar-refractivity contribution in [1.82, 2.24) is 4.98 Å². The lowest BCUT2D eigenvalue weighted by Gasteiger charge is -2.35. The molecule has 4 nitrogen and oxygen atoms in total. The molecule has 0 bridgehead atoms. The normalized spacial score (nSPS) is 17.8. The summed E-state index contributed by atoms with van der Waals surface area (Å²) in [5.74, 6) is 0.782. The first kappa shape index (κ1) is 21.0. The summed E-state index contributed by atoms with van der Waals surface area (Å²) in [6.45, 7) is 1.71. The van der Waals surface area contributed by atoms with Gasteiger partial charge in [0.25, 0.3) is 0 Å². The summed E-state index contributed by atoms with van der Waals surface area (Å²) in [5.41, 5.74) is 0.141. The third kappa shape index (κ3) is 4.89. The number of amides is 1. The average molecular weight is 438 g/mol. The van der Waals surface area contributed by atoms with Crippen molar-refractivity contribution in [3.8, 4) is 0 Å². The molecule has 1 aliphatic carbocycles. The van der Waals surface area contributed by atoms with Crippen molar-refractivity contribution in [3.05, 3.63) is 53.2 Å². The van der Waals surface area contributed by atoms with Crippen LogP contribution in [0.15, 0.2) is 42.6 Å². The van der Waals surface area contributed by atoms with Gasteiger partial charge in [0, 0.05) is 42.5 Å². The molecule has 1 amide bonds. The predicted molar refractivity (Wildman–Crippen MR) is 111 cm³/mol. The van der Waals surface area contributed by atoms with E-state index in [9.17, 15) is 18.0 Å². The molecule has 2 aliphatic rings. The molecule has 1 saturated carbocycles. The Bertz CT molecular complexity index is 891. The first-order valence-corrected chi connectivity index (χ1v) is 10.5. The molecular formula is C22H23ClF3N3O. The fourth-order valence-corrected chi connectivity index (χ4v) is 3.97. The molecule has 0 radical (unpaired) electrons. The van der Waals surface area contributed by atoms with Crippen molar-refractivity contribution >= 4 is 29.0 Å². The summed E-state index contributed by atoms with van der Waals surface area (Å²) in [6, 6.07) is 9.35. The number of halogens is 4. The standard InChI is InChI=1S/C22H23ClF3N3O/c23-18-3-5-19(6-4-18)29(14-15-1-2-15)21(30)16-8-11-28(12-9-16)20-13-17(7-10-27-20)22(24,25)26/h3-7,10,13,15-16H,1-2,8-9,11-12,14H2. The number of carbonyl (C=O) groups excluding carboxylic acids is 1. The van der Waals surface area contributed by atoms with Crippen LogP contribution in [0, 0.1) is 11.8 Å². The van der Waals surface area contributed by atoms with Gasteiger partial charge in [0.15, 0.2) is 0 Å². The molecule has 1 aliphatic heterocycles. The van der Waals surface area contributed by atoms with Crippen molar-refractivity contribution in [3.63, 3.8) is 0 Å². The Balaban J connectivity index is 1.43. The van der Waals surface area contributed by atoms with Gasteiger partial charge in [-0.1, -0.05) is 11.6 Å². The number of aromatic nitrogens is 1. The molecule has 30 heavy (non-hydrogen) atoms. The van der Waals surface area contributed by atoms with E-state index in [1.807, 2.05) is 21.9 Å². The van der Waals surface area contributed by atoms with Gasteiger partial charge in [0.2, 0.25) is 5.91 Å². The Morgan fingerprint density at radius 3 is 2.37 bits per heavy atom. The Kier molecular flexibility index (Phi) is 5.91. The van der Waals surface area contributed by atoms with E-state index in [2.05, 4.69) is 4.98 Å². The van der Waals surface area contributed by atoms with Crippen molar-refractivity contribution in [2.75, 3.05) is 29.4 Å². The van der Waals surface area contributed by atoms with E-state index in [1.54, 1.807) is 12.1 Å². The maximum Gasteiger partial charge on any atom is 0.416 e. The number of nitrogens with zero attached hydrogens (tertiary/aromatic N) is 3. The summed E-state index contributed by atoms with van der Waals surface area (Å²) in [4.78, 5) is 21.1. The molecular weight excluding hydrogens is 415 g/mol. The number of carbonyl (C=O) groups is 1. The first-order chi connectivity index (χ1) is 14.3. The van der Waals surface area contributed by atoms with Crippen molar-refractivity contribution in [1.29, 1.82) is 0 Å². The third-order valence-electron chi connectivity index (χ3n) is 5.78. The molecule has 0 spiro atoms. The van der Waals surface area contributed by atoms with Crippen molar-refractivity contribution in [2.45, 2.75) is 31.9 Å². The largest absolute Gasteiger partial charge is 0.416 e. The van der Waals surface area contributed by atoms with Crippen LogP contribution in [0.1, 0.15) is 31.2 Å². The summed E-state index contributed by atoms with van der Waals surface area (Å²) in [6.07, 6.45) is 0.242. The fourth-order valence-electron chi connectivity index (χ4n) is 3.85. The van der Waals surface area contributed by atoms with Gasteiger partial charge in [0.05, 0.1) is 5.56 Å². The van der Waals surface area contributed by atoms with Gasteiger partial charge in [-0.25, -0.2) is 4.98 Å². The highest BCUT2D eigenvalue weighted by Gasteiger charge is 2.34. The van der Waals surface area contributed by atoms with Crippen molar-refractivity contribution in [2.24, 2.45) is 11.8 Å². The number of pyridine rings is 1. The Morgan fingerprint density at radius 1 is 1.10 bits per heavy atom. The minimum Gasteiger partial charge on any atom is -0.357 e. The van der Waals surface area contributed by atoms with Gasteiger partial charge in [-0.15, -0.1) is 0 Å². The van der Waals surface area contributed by atoms with E-state index in [4.69, 9.17) is 11.6 Å². The molecule has 2 heterocycles. The molecule has 0 atom stereocenters. The summed E-state index contributed by atoms with van der Waals surface area (Å²) < 4.78 is 38.9. The minimum absolute atomic E-state index is 0.0841. The van der Waals surface area contributed by atoms with Crippen LogP contribution in [0.4, 0.5) is 24.7 Å². The van der Waals surface area contributed by atoms with E-state index < -0.39 is 11.7 Å². The quantitative estimate of drug-likeness (QED) is 0.627. The Hall–Kier alpha value is -2.28. The molecule has 0 unspecified atom stereocenters. The monoisotopic (exact) mass is 437 g/mol. The van der Waals surface area contributed by atoms with Crippen molar-refractivity contribution < 1.29 is 18.0 Å². The van der Waals surface area contributed by atoms with E-state index >= 15 is 0 Å². The zero-order chi connectivity index (χ0) is 21.3. The Morgan fingerprint density at radius 2 is 1.77 bits per heavy atom. The molecule has 2 aromatic rings. The van der Waals surface area contributed by atoms with E-state index in [0.717, 1.165) is 30.7 Å². The van der Waals surface area contributed by atoms with Gasteiger partial charge in [-0.05, 0) is 68.0 Å². The highest BCUT2D eigenvalue weighted by molar-refractivity contribution is 6.30. The maximum absolute atomic E-state index is 13.3. The van der Waals surface area contributed by atoms with Gasteiger partial charge < -0.3 is 9.80 Å². The summed E-state index contributed by atoms with van der Waals surface area (Å²) in [7, 11) is 0. The second-order valence-electron chi connectivity index (χ2n) is 8.03. The lowest BCUT2D eigenvalue weighted by molar-refractivity contribution is -0.137. The van der Waals surface area contributed by atoms with Crippen LogP contribution in [-0.4, -0.2) is 30.5 Å². The van der Waals surface area contributed by atoms with Crippen LogP contribution in [-0.2, 0) is 11.0 Å². The van der Waals surface area contributed by atoms with Crippen LogP contribution in [0.2, 0.25) is 5.02 Å². The molecule has 160 valence electrons. The fraction of sp³-hybridized carbons (Fsp3) is 0.455. The Labute approximate surface area is 178 Å². The van der Waals surface area contributed by atoms with Gasteiger partial charge in [-0.2, -0.15) is 13.2 Å². The van der Waals surface area contributed by atoms with Crippen LogP contribution >= 0.6 is 11.6 Å². The lowest BCUT2D eigenvalue weighted by Crippen LogP contribution is -2.43. The van der Waals surface area contributed by atoms with E-state index in [0.29, 0.717) is 49.2 Å². The zero-order valence-electron chi connectivity index (χ0n) is 16.4. The number of anilines is 2. The topological polar surface area (TPSA) is 36.4 Å². The number of hydrogen-bond acceptors (Lipinski definition) is 3. The molecule has 4 rings (SSSR count). The van der Waals surface area contributed by atoms with Gasteiger partial charge in [0.1, 0.15) is 5.82 Å². The highest BCUT2D eigenvalue weighted by atomic mass is 35.5. The minimum atomic E-state index is -4.39. The molecule has 0 N–H and O–H groups in total. The average Bonchev–Trinajstić information content (AvgIpc) is 3.56. The molecule has 1 saturated heterocycles. The predicted octanol–water partition coefficient (Wildman–Crippen LogP) is 5.41. The van der Waals surface area contributed by atoms with Gasteiger partial charge in [-0.3, -0.25) is 4.79 Å². The number of alkyl halides is 3. The highest BCUT2D eigenvalue weighted by Crippen LogP contribution is 2.35. The van der Waals surface area contributed by atoms with Crippen LogP contribution in [0.5, 0.6) is 0 Å². The molecule has 8 heteroatoms. The van der Waals surface area contributed by atoms with Crippen LogP contribution < -0.4 is 9.80 Å². The third-order valence-corrected chi connectivity index (χ3v) is 6.04. The molecule has 1 aromatic heterocycles. The van der Waals surface area contributed by atoms with Gasteiger partial charge >= 0.3 is 6.18 Å². The summed E-state index contributed by atoms with van der Waals surface area (Å²) >= 11 is 5.99. The first-order valence-electron chi connectivity index (χ1n) is 10.2. The van der Waals surface area contributed by atoms with Crippen LogP contribution in [0.25, 0.3) is 0 Å². The zero-order valence-corrected chi connectivity index (χ0v) is 17.2.